The Morgan fingerprint density at radius 2 is 2.11 bits per heavy atom. The Labute approximate surface area is 120 Å². The maximum Gasteiger partial charge on any atom is 0.0825 e. The number of aromatic nitrogens is 4. The highest BCUT2D eigenvalue weighted by molar-refractivity contribution is 5.85. The number of halogens is 1. The summed E-state index contributed by atoms with van der Waals surface area (Å²) in [5.74, 6) is 0.606. The molecule has 0 bridgehead atoms. The Balaban J connectivity index is 0.00000180. The minimum Gasteiger partial charge on any atom is -0.377 e. The van der Waals surface area contributed by atoms with Gasteiger partial charge in [0.2, 0.25) is 0 Å². The van der Waals surface area contributed by atoms with Gasteiger partial charge in [-0.2, -0.15) is 10.2 Å². The van der Waals surface area contributed by atoms with E-state index in [2.05, 4.69) is 35.6 Å². The van der Waals surface area contributed by atoms with Crippen molar-refractivity contribution >= 4 is 18.1 Å². The maximum absolute atomic E-state index is 4.50. The zero-order valence-electron chi connectivity index (χ0n) is 11.9. The number of aryl methyl sites for hydroxylation is 2. The zero-order chi connectivity index (χ0) is 13.1. The van der Waals surface area contributed by atoms with Crippen LogP contribution in [0.15, 0.2) is 18.5 Å². The first-order chi connectivity index (χ1) is 8.56. The number of rotatable bonds is 5. The molecule has 2 aromatic heterocycles. The quantitative estimate of drug-likeness (QED) is 0.918. The third-order valence-corrected chi connectivity index (χ3v) is 2.88. The molecule has 0 saturated heterocycles. The molecule has 0 aromatic carbocycles. The lowest BCUT2D eigenvalue weighted by Gasteiger charge is -2.05. The average molecular weight is 284 g/mol. The lowest BCUT2D eigenvalue weighted by molar-refractivity contribution is 0.481. The van der Waals surface area contributed by atoms with Crippen molar-refractivity contribution in [2.24, 2.45) is 13.0 Å². The van der Waals surface area contributed by atoms with Crippen LogP contribution in [-0.4, -0.2) is 19.6 Å². The summed E-state index contributed by atoms with van der Waals surface area (Å²) in [5, 5.41) is 12.1. The second-order valence-corrected chi connectivity index (χ2v) is 5.04. The van der Waals surface area contributed by atoms with E-state index in [1.807, 2.05) is 35.6 Å². The van der Waals surface area contributed by atoms with E-state index < -0.39 is 0 Å². The number of nitrogens with one attached hydrogen (secondary N) is 1. The van der Waals surface area contributed by atoms with Crippen LogP contribution in [0.3, 0.4) is 0 Å². The monoisotopic (exact) mass is 283 g/mol. The van der Waals surface area contributed by atoms with Crippen LogP contribution >= 0.6 is 12.4 Å². The number of nitrogens with zero attached hydrogens (tertiary/aromatic N) is 4. The highest BCUT2D eigenvalue weighted by Gasteiger charge is 2.06. The molecule has 2 heterocycles. The van der Waals surface area contributed by atoms with Crippen molar-refractivity contribution in [2.75, 3.05) is 5.32 Å². The molecule has 0 saturated carbocycles. The first kappa shape index (κ1) is 15.6. The summed E-state index contributed by atoms with van der Waals surface area (Å²) in [4.78, 5) is 0. The normalized spacial score (nSPS) is 10.6. The van der Waals surface area contributed by atoms with Crippen LogP contribution in [0.5, 0.6) is 0 Å². The molecule has 2 aromatic rings. The van der Waals surface area contributed by atoms with Crippen molar-refractivity contribution in [1.82, 2.24) is 19.6 Å². The summed E-state index contributed by atoms with van der Waals surface area (Å²) in [6.07, 6.45) is 3.89. The third-order valence-electron chi connectivity index (χ3n) is 2.88. The Morgan fingerprint density at radius 3 is 2.68 bits per heavy atom. The Bertz CT molecular complexity index is 515. The Morgan fingerprint density at radius 1 is 1.37 bits per heavy atom. The summed E-state index contributed by atoms with van der Waals surface area (Å²) in [7, 11) is 1.95. The summed E-state index contributed by atoms with van der Waals surface area (Å²) in [5.41, 5.74) is 3.29. The lowest BCUT2D eigenvalue weighted by atomic mass is 10.2. The van der Waals surface area contributed by atoms with Crippen LogP contribution in [0.25, 0.3) is 0 Å². The van der Waals surface area contributed by atoms with Crippen LogP contribution in [0.1, 0.15) is 25.2 Å². The smallest absolute Gasteiger partial charge is 0.0825 e. The van der Waals surface area contributed by atoms with Gasteiger partial charge in [-0.15, -0.1) is 12.4 Å². The van der Waals surface area contributed by atoms with E-state index in [1.54, 1.807) is 0 Å². The van der Waals surface area contributed by atoms with E-state index in [1.165, 1.54) is 0 Å². The van der Waals surface area contributed by atoms with E-state index in [0.717, 1.165) is 30.2 Å². The van der Waals surface area contributed by atoms with Crippen LogP contribution in [0.2, 0.25) is 0 Å². The van der Waals surface area contributed by atoms with Gasteiger partial charge >= 0.3 is 0 Å². The van der Waals surface area contributed by atoms with Crippen LogP contribution in [0.4, 0.5) is 5.69 Å². The molecule has 2 rings (SSSR count). The van der Waals surface area contributed by atoms with E-state index in [-0.39, 0.29) is 12.4 Å². The van der Waals surface area contributed by atoms with Crippen LogP contribution in [-0.2, 0) is 20.1 Å². The summed E-state index contributed by atoms with van der Waals surface area (Å²) < 4.78 is 3.88. The van der Waals surface area contributed by atoms with Gasteiger partial charge in [-0.1, -0.05) is 13.8 Å². The lowest BCUT2D eigenvalue weighted by Crippen LogP contribution is -2.06. The second-order valence-electron chi connectivity index (χ2n) is 5.04. The van der Waals surface area contributed by atoms with Crippen molar-refractivity contribution in [3.05, 3.63) is 29.8 Å². The topological polar surface area (TPSA) is 47.7 Å². The molecule has 0 aliphatic rings. The van der Waals surface area contributed by atoms with E-state index >= 15 is 0 Å². The van der Waals surface area contributed by atoms with Gasteiger partial charge in [0.15, 0.2) is 0 Å². The first-order valence-corrected chi connectivity index (χ1v) is 6.31. The molecule has 0 radical (unpaired) electrons. The molecular formula is C13H22ClN5. The average Bonchev–Trinajstić information content (AvgIpc) is 2.82. The van der Waals surface area contributed by atoms with Gasteiger partial charge in [0, 0.05) is 26.0 Å². The Hall–Kier alpha value is -1.49. The number of anilines is 1. The molecule has 0 aliphatic carbocycles. The zero-order valence-corrected chi connectivity index (χ0v) is 12.7. The van der Waals surface area contributed by atoms with Crippen LogP contribution < -0.4 is 5.32 Å². The molecule has 0 spiro atoms. The van der Waals surface area contributed by atoms with Crippen molar-refractivity contribution < 1.29 is 0 Å². The molecule has 0 aliphatic heterocycles. The number of hydrogen-bond acceptors (Lipinski definition) is 3. The molecule has 1 N–H and O–H groups in total. The molecule has 19 heavy (non-hydrogen) atoms. The fourth-order valence-electron chi connectivity index (χ4n) is 1.92. The van der Waals surface area contributed by atoms with Crippen molar-refractivity contribution in [1.29, 1.82) is 0 Å². The SMILES string of the molecule is Cc1nn(CC(C)C)cc1NCc1ccnn1C.Cl. The van der Waals surface area contributed by atoms with Crippen molar-refractivity contribution in [3.8, 4) is 0 Å². The van der Waals surface area contributed by atoms with E-state index in [4.69, 9.17) is 0 Å². The van der Waals surface area contributed by atoms with Gasteiger partial charge in [-0.05, 0) is 18.9 Å². The predicted octanol–water partition coefficient (Wildman–Crippen LogP) is 2.61. The van der Waals surface area contributed by atoms with Crippen molar-refractivity contribution in [3.63, 3.8) is 0 Å². The van der Waals surface area contributed by atoms with Gasteiger partial charge in [-0.3, -0.25) is 9.36 Å². The maximum atomic E-state index is 4.50. The molecule has 0 amide bonds. The van der Waals surface area contributed by atoms with Gasteiger partial charge in [0.05, 0.1) is 23.6 Å². The van der Waals surface area contributed by atoms with Gasteiger partial charge in [0.1, 0.15) is 0 Å². The molecule has 0 atom stereocenters. The molecule has 5 nitrogen and oxygen atoms in total. The minimum absolute atomic E-state index is 0. The fraction of sp³-hybridized carbons (Fsp3) is 0.538. The van der Waals surface area contributed by atoms with Crippen molar-refractivity contribution in [2.45, 2.75) is 33.9 Å². The molecular weight excluding hydrogens is 262 g/mol. The van der Waals surface area contributed by atoms with Gasteiger partial charge in [-0.25, -0.2) is 0 Å². The highest BCUT2D eigenvalue weighted by Crippen LogP contribution is 2.14. The van der Waals surface area contributed by atoms with Gasteiger partial charge < -0.3 is 5.32 Å². The summed E-state index contributed by atoms with van der Waals surface area (Å²) in [6, 6.07) is 2.01. The highest BCUT2D eigenvalue weighted by atomic mass is 35.5. The third kappa shape index (κ3) is 3.99. The molecule has 0 fully saturated rings. The van der Waals surface area contributed by atoms with E-state index in [0.29, 0.717) is 5.92 Å². The Kier molecular flexibility index (Phi) is 5.42. The number of hydrogen-bond donors (Lipinski definition) is 1. The molecule has 6 heteroatoms. The summed E-state index contributed by atoms with van der Waals surface area (Å²) >= 11 is 0. The van der Waals surface area contributed by atoms with Crippen LogP contribution in [0, 0.1) is 12.8 Å². The predicted molar refractivity (Wildman–Crippen MR) is 79.6 cm³/mol. The minimum atomic E-state index is 0. The standard InChI is InChI=1S/C13H21N5.ClH/c1-10(2)8-18-9-13(11(3)16-18)14-7-12-5-6-15-17(12)4;/h5-6,9-10,14H,7-8H2,1-4H3;1H. The van der Waals surface area contributed by atoms with Gasteiger partial charge in [0.25, 0.3) is 0 Å². The first-order valence-electron chi connectivity index (χ1n) is 6.31. The fourth-order valence-corrected chi connectivity index (χ4v) is 1.92. The largest absolute Gasteiger partial charge is 0.377 e. The summed E-state index contributed by atoms with van der Waals surface area (Å²) in [6.45, 7) is 8.14. The molecule has 106 valence electrons. The van der Waals surface area contributed by atoms with E-state index in [9.17, 15) is 0 Å². The second kappa shape index (κ2) is 6.61. The molecule has 0 unspecified atom stereocenters.